The molecule has 1 fully saturated rings. The molecule has 0 N–H and O–H groups in total. The van der Waals surface area contributed by atoms with Crippen LogP contribution in [-0.2, 0) is 29.9 Å². The van der Waals surface area contributed by atoms with Crippen LogP contribution in [0.15, 0.2) is 75.5 Å². The van der Waals surface area contributed by atoms with Gasteiger partial charge in [0.15, 0.2) is 11.5 Å². The van der Waals surface area contributed by atoms with E-state index in [1.807, 2.05) is 31.2 Å². The molecule has 0 saturated carbocycles. The number of aryl methyl sites for hydroxylation is 1. The molecule has 7 heteroatoms. The number of rotatable bonds is 4. The number of benzene rings is 1. The van der Waals surface area contributed by atoms with E-state index in [-0.39, 0.29) is 23.9 Å². The third kappa shape index (κ3) is 3.05. The van der Waals surface area contributed by atoms with E-state index in [0.717, 1.165) is 11.1 Å². The van der Waals surface area contributed by atoms with Crippen LogP contribution in [0.5, 0.6) is 0 Å². The second kappa shape index (κ2) is 7.92. The Labute approximate surface area is 195 Å². The molecule has 0 unspecified atom stereocenters. The van der Waals surface area contributed by atoms with Crippen molar-refractivity contribution in [3.63, 3.8) is 0 Å². The average Bonchev–Trinajstić information content (AvgIpc) is 3.36. The van der Waals surface area contributed by atoms with Gasteiger partial charge < -0.3 is 13.9 Å². The molecule has 2 aromatic rings. The van der Waals surface area contributed by atoms with Crippen LogP contribution < -0.4 is 0 Å². The van der Waals surface area contributed by atoms with Gasteiger partial charge in [-0.25, -0.2) is 0 Å². The smallest absolute Gasteiger partial charge is 0.218 e. The van der Waals surface area contributed by atoms with E-state index in [1.54, 1.807) is 31.4 Å². The molecule has 0 bridgehead atoms. The largest absolute Gasteiger partial charge is 0.493 e. The lowest BCUT2D eigenvalue weighted by Gasteiger charge is -2.55. The summed E-state index contributed by atoms with van der Waals surface area (Å²) in [7, 11) is -0.454. The van der Waals surface area contributed by atoms with Gasteiger partial charge in [-0.05, 0) is 49.6 Å². The first-order chi connectivity index (χ1) is 15.8. The molecule has 0 spiro atoms. The van der Waals surface area contributed by atoms with E-state index in [9.17, 15) is 13.8 Å². The van der Waals surface area contributed by atoms with Gasteiger partial charge >= 0.3 is 0 Å². The monoisotopic (exact) mass is 466 g/mol. The molecule has 33 heavy (non-hydrogen) atoms. The Balaban J connectivity index is 1.73. The van der Waals surface area contributed by atoms with Crippen molar-refractivity contribution in [2.75, 3.05) is 13.7 Å². The Kier molecular flexibility index (Phi) is 5.29. The number of carbonyl (C=O) groups excluding carboxylic acids is 2. The van der Waals surface area contributed by atoms with Crippen LogP contribution in [0.2, 0.25) is 0 Å². The average molecular weight is 467 g/mol. The highest BCUT2D eigenvalue weighted by Gasteiger charge is 2.70. The fraction of sp³-hybridized carbons (Fsp3) is 0.385. The minimum atomic E-state index is -1.83. The van der Waals surface area contributed by atoms with Gasteiger partial charge in [0.25, 0.3) is 0 Å². The van der Waals surface area contributed by atoms with Crippen LogP contribution in [0.3, 0.4) is 0 Å². The quantitative estimate of drug-likeness (QED) is 0.627. The number of carbonyl (C=O) groups is 2. The van der Waals surface area contributed by atoms with Crippen molar-refractivity contribution in [2.45, 2.75) is 42.4 Å². The zero-order chi connectivity index (χ0) is 23.4. The van der Waals surface area contributed by atoms with E-state index < -0.39 is 33.0 Å². The van der Waals surface area contributed by atoms with Crippen LogP contribution in [0.4, 0.5) is 0 Å². The Morgan fingerprint density at radius 3 is 2.58 bits per heavy atom. The molecule has 1 aromatic carbocycles. The molecule has 5 atom stereocenters. The summed E-state index contributed by atoms with van der Waals surface area (Å²) in [5.41, 5.74) is 0.739. The summed E-state index contributed by atoms with van der Waals surface area (Å²) in [6.45, 7) is 4.00. The normalized spacial score (nSPS) is 32.3. The minimum absolute atomic E-state index is 0.0415. The van der Waals surface area contributed by atoms with Gasteiger partial charge in [-0.1, -0.05) is 30.7 Å². The summed E-state index contributed by atoms with van der Waals surface area (Å²) in [6.07, 6.45) is 5.12. The Morgan fingerprint density at radius 2 is 1.91 bits per heavy atom. The highest BCUT2D eigenvalue weighted by Crippen LogP contribution is 2.59. The lowest BCUT2D eigenvalue weighted by atomic mass is 9.55. The molecule has 2 heterocycles. The first kappa shape index (κ1) is 22.0. The van der Waals surface area contributed by atoms with Gasteiger partial charge in [-0.15, -0.1) is 0 Å². The summed E-state index contributed by atoms with van der Waals surface area (Å²) in [5, 5.41) is 0. The number of allylic oxidation sites excluding steroid dienone is 3. The Bertz CT molecular complexity index is 1190. The van der Waals surface area contributed by atoms with Crippen molar-refractivity contribution in [1.82, 2.24) is 0 Å². The first-order valence-corrected chi connectivity index (χ1v) is 12.2. The highest BCUT2D eigenvalue weighted by atomic mass is 32.2. The van der Waals surface area contributed by atoms with Gasteiger partial charge in [-0.2, -0.15) is 0 Å². The summed E-state index contributed by atoms with van der Waals surface area (Å²) in [5.74, 6) is -0.495. The Morgan fingerprint density at radius 1 is 1.15 bits per heavy atom. The standard InChI is InChI=1S/C26H26O6S/c1-16-6-8-18(9-7-16)33(29)26-19-13-21(20-5-4-12-31-20)32-15-17(19)10-11-25(26,2)23(27)14-22(30-3)24(26)28/h4-10,12,14,19,21H,11,13,15H2,1-3H3/t19-,21+,25-,26-,33-/m0/s1. The van der Waals surface area contributed by atoms with Crippen molar-refractivity contribution in [1.29, 1.82) is 0 Å². The van der Waals surface area contributed by atoms with E-state index in [1.165, 1.54) is 13.2 Å². The van der Waals surface area contributed by atoms with Crippen molar-refractivity contribution in [3.05, 3.63) is 77.5 Å². The van der Waals surface area contributed by atoms with Gasteiger partial charge in [-0.3, -0.25) is 13.8 Å². The molecule has 1 aliphatic heterocycles. The molecule has 2 aliphatic carbocycles. The maximum Gasteiger partial charge on any atom is 0.218 e. The van der Waals surface area contributed by atoms with Crippen molar-refractivity contribution >= 4 is 22.4 Å². The molecule has 172 valence electrons. The predicted octanol–water partition coefficient (Wildman–Crippen LogP) is 4.23. The van der Waals surface area contributed by atoms with Gasteiger partial charge in [0.2, 0.25) is 5.78 Å². The maximum atomic E-state index is 14.5. The lowest BCUT2D eigenvalue weighted by Crippen LogP contribution is -2.68. The van der Waals surface area contributed by atoms with Crippen molar-refractivity contribution in [3.8, 4) is 0 Å². The molecule has 1 aromatic heterocycles. The number of Topliss-reactive ketones (excluding diaryl/α,β-unsaturated/α-hetero) is 1. The number of hydrogen-bond acceptors (Lipinski definition) is 6. The number of fused-ring (bicyclic) bond motifs is 3. The zero-order valence-corrected chi connectivity index (χ0v) is 19.6. The van der Waals surface area contributed by atoms with Crippen LogP contribution in [0, 0.1) is 18.3 Å². The van der Waals surface area contributed by atoms with Crippen LogP contribution in [0.1, 0.15) is 37.2 Å². The number of methoxy groups -OCH3 is 1. The molecular weight excluding hydrogens is 440 g/mol. The SMILES string of the molecule is COC1=CC(=O)[C@]2(C)CC=C3CO[C@@H](c4ccco4)C[C@@H]3[C@]2([S@@](=O)c2ccc(C)cc2)C1=O. The number of hydrogen-bond donors (Lipinski definition) is 0. The molecule has 0 radical (unpaired) electrons. The molecular formula is C26H26O6S. The number of ketones is 2. The summed E-state index contributed by atoms with van der Waals surface area (Å²) in [4.78, 5) is 28.2. The summed E-state index contributed by atoms with van der Waals surface area (Å²) >= 11 is 0. The van der Waals surface area contributed by atoms with Crippen molar-refractivity contribution in [2.24, 2.45) is 11.3 Å². The third-order valence-corrected chi connectivity index (χ3v) is 9.61. The van der Waals surface area contributed by atoms with Gasteiger partial charge in [0.1, 0.15) is 16.6 Å². The lowest BCUT2D eigenvalue weighted by molar-refractivity contribution is -0.140. The van der Waals surface area contributed by atoms with E-state index in [4.69, 9.17) is 13.9 Å². The minimum Gasteiger partial charge on any atom is -0.493 e. The molecule has 3 aliphatic rings. The van der Waals surface area contributed by atoms with E-state index in [2.05, 4.69) is 0 Å². The second-order valence-corrected chi connectivity index (χ2v) is 10.8. The number of furan rings is 1. The maximum absolute atomic E-state index is 14.5. The first-order valence-electron chi connectivity index (χ1n) is 11.0. The molecule has 0 amide bonds. The van der Waals surface area contributed by atoms with Crippen LogP contribution >= 0.6 is 0 Å². The zero-order valence-electron chi connectivity index (χ0n) is 18.8. The second-order valence-electron chi connectivity index (χ2n) is 9.14. The topological polar surface area (TPSA) is 82.8 Å². The van der Waals surface area contributed by atoms with Crippen LogP contribution in [0.25, 0.3) is 0 Å². The van der Waals surface area contributed by atoms with Gasteiger partial charge in [0, 0.05) is 16.9 Å². The summed E-state index contributed by atoms with van der Waals surface area (Å²) in [6, 6.07) is 10.9. The predicted molar refractivity (Wildman–Crippen MR) is 122 cm³/mol. The number of ether oxygens (including phenoxy) is 2. The third-order valence-electron chi connectivity index (χ3n) is 7.41. The fourth-order valence-corrected chi connectivity index (χ4v) is 7.66. The van der Waals surface area contributed by atoms with E-state index >= 15 is 0 Å². The summed E-state index contributed by atoms with van der Waals surface area (Å²) < 4.78 is 30.0. The van der Waals surface area contributed by atoms with Gasteiger partial charge in [0.05, 0.1) is 36.2 Å². The Hall–Kier alpha value is -2.77. The molecule has 1 saturated heterocycles. The molecule has 6 nitrogen and oxygen atoms in total. The highest BCUT2D eigenvalue weighted by molar-refractivity contribution is 7.87. The van der Waals surface area contributed by atoms with E-state index in [0.29, 0.717) is 23.5 Å². The molecule has 5 rings (SSSR count). The van der Waals surface area contributed by atoms with Crippen molar-refractivity contribution < 1.29 is 27.7 Å². The fourth-order valence-electron chi connectivity index (χ4n) is 5.54. The van der Waals surface area contributed by atoms with Crippen LogP contribution in [-0.4, -0.2) is 34.2 Å².